The molecule has 2 aromatic carbocycles. The molecule has 9 nitrogen and oxygen atoms in total. The smallest absolute Gasteiger partial charge is 0.266 e. The highest BCUT2D eigenvalue weighted by Crippen LogP contribution is 2.26. The van der Waals surface area contributed by atoms with E-state index in [4.69, 9.17) is 16.4 Å². The molecule has 2 aromatic rings. The van der Waals surface area contributed by atoms with Gasteiger partial charge in [0.05, 0.1) is 17.9 Å². The zero-order valence-electron chi connectivity index (χ0n) is 16.8. The fourth-order valence-corrected chi connectivity index (χ4v) is 5.00. The molecule has 0 spiro atoms. The molecule has 1 amide bonds. The van der Waals surface area contributed by atoms with Crippen LogP contribution in [0.1, 0.15) is 15.9 Å². The third-order valence-electron chi connectivity index (χ3n) is 4.08. The first-order valence-corrected chi connectivity index (χ1v) is 12.3. The minimum absolute atomic E-state index is 0.0592. The predicted molar refractivity (Wildman–Crippen MR) is 119 cm³/mol. The number of nitrogens with zero attached hydrogens (tertiary/aromatic N) is 1. The highest BCUT2D eigenvalue weighted by Gasteiger charge is 2.25. The summed E-state index contributed by atoms with van der Waals surface area (Å²) in [4.78, 5) is 17.0. The van der Waals surface area contributed by atoms with E-state index in [1.54, 1.807) is 24.3 Å². The van der Waals surface area contributed by atoms with E-state index < -0.39 is 26.0 Å². The van der Waals surface area contributed by atoms with Crippen LogP contribution >= 0.6 is 11.6 Å². The van der Waals surface area contributed by atoms with Crippen molar-refractivity contribution in [2.24, 2.45) is 0 Å². The van der Waals surface area contributed by atoms with E-state index >= 15 is 0 Å². The Bertz CT molecular complexity index is 1170. The molecule has 0 saturated carbocycles. The van der Waals surface area contributed by atoms with Gasteiger partial charge in [-0.3, -0.25) is 9.63 Å². The van der Waals surface area contributed by atoms with Crippen LogP contribution in [-0.4, -0.2) is 47.9 Å². The quantitative estimate of drug-likeness (QED) is 0.392. The lowest BCUT2D eigenvalue weighted by atomic mass is 10.2. The van der Waals surface area contributed by atoms with Gasteiger partial charge in [-0.15, -0.1) is 6.58 Å². The SMILES string of the molecule is C=CCNS(=O)(=O)Cc1ccc(NC(=O)c2ccc(Cl)c(S(=O)(=O)N(C)OC)c2)cc1. The van der Waals surface area contributed by atoms with Gasteiger partial charge >= 0.3 is 0 Å². The average Bonchev–Trinajstić information content (AvgIpc) is 2.73. The average molecular weight is 488 g/mol. The molecule has 0 heterocycles. The lowest BCUT2D eigenvalue weighted by Crippen LogP contribution is -2.26. The van der Waals surface area contributed by atoms with Crippen LogP contribution in [0.4, 0.5) is 5.69 Å². The van der Waals surface area contributed by atoms with Crippen LogP contribution in [0.2, 0.25) is 5.02 Å². The summed E-state index contributed by atoms with van der Waals surface area (Å²) in [7, 11) is -5.16. The number of amides is 1. The lowest BCUT2D eigenvalue weighted by molar-refractivity contribution is -0.0258. The zero-order chi connectivity index (χ0) is 23.2. The molecule has 31 heavy (non-hydrogen) atoms. The molecule has 2 rings (SSSR count). The van der Waals surface area contributed by atoms with Crippen molar-refractivity contribution in [2.45, 2.75) is 10.6 Å². The molecule has 0 radical (unpaired) electrons. The Balaban J connectivity index is 2.17. The first-order valence-electron chi connectivity index (χ1n) is 8.81. The molecule has 0 aliphatic heterocycles. The first kappa shape index (κ1) is 25.0. The number of hydrogen-bond donors (Lipinski definition) is 2. The minimum atomic E-state index is -4.05. The van der Waals surface area contributed by atoms with Gasteiger partial charge < -0.3 is 5.32 Å². The summed E-state index contributed by atoms with van der Waals surface area (Å²) < 4.78 is 51.8. The number of carbonyl (C=O) groups excluding carboxylic acids is 1. The highest BCUT2D eigenvalue weighted by molar-refractivity contribution is 7.89. The van der Waals surface area contributed by atoms with Gasteiger partial charge in [-0.2, -0.15) is 0 Å². The van der Waals surface area contributed by atoms with Crippen molar-refractivity contribution in [3.8, 4) is 0 Å². The fraction of sp³-hybridized carbons (Fsp3) is 0.211. The Hall–Kier alpha value is -2.28. The number of carbonyl (C=O) groups is 1. The Kier molecular flexibility index (Phi) is 8.34. The number of sulfonamides is 2. The normalized spacial score (nSPS) is 12.0. The second-order valence-corrected chi connectivity index (χ2v) is 10.4. The Morgan fingerprint density at radius 3 is 2.39 bits per heavy atom. The van der Waals surface area contributed by atoms with Crippen LogP contribution in [0.5, 0.6) is 0 Å². The summed E-state index contributed by atoms with van der Waals surface area (Å²) in [5.74, 6) is -0.790. The van der Waals surface area contributed by atoms with E-state index in [0.29, 0.717) is 15.7 Å². The van der Waals surface area contributed by atoms with Crippen LogP contribution in [0, 0.1) is 0 Å². The van der Waals surface area contributed by atoms with Gasteiger partial charge in [0, 0.05) is 24.8 Å². The van der Waals surface area contributed by atoms with E-state index in [2.05, 4.69) is 16.6 Å². The van der Waals surface area contributed by atoms with Crippen molar-refractivity contribution < 1.29 is 26.5 Å². The molecule has 0 aliphatic carbocycles. The van der Waals surface area contributed by atoms with Gasteiger partial charge in [0.1, 0.15) is 4.90 Å². The van der Waals surface area contributed by atoms with Crippen LogP contribution in [0.15, 0.2) is 60.0 Å². The number of rotatable bonds is 10. The van der Waals surface area contributed by atoms with Crippen LogP contribution in [0.3, 0.4) is 0 Å². The van der Waals surface area contributed by atoms with Crippen LogP contribution in [0.25, 0.3) is 0 Å². The largest absolute Gasteiger partial charge is 0.322 e. The van der Waals surface area contributed by atoms with Gasteiger partial charge in [-0.05, 0) is 35.9 Å². The lowest BCUT2D eigenvalue weighted by Gasteiger charge is -2.16. The summed E-state index contributed by atoms with van der Waals surface area (Å²) in [6.07, 6.45) is 1.44. The Morgan fingerprint density at radius 2 is 1.81 bits per heavy atom. The fourth-order valence-electron chi connectivity index (χ4n) is 2.42. The molecule has 0 atom stereocenters. The first-order chi connectivity index (χ1) is 14.5. The maximum absolute atomic E-state index is 12.6. The third kappa shape index (κ3) is 6.60. The number of anilines is 1. The molecule has 0 saturated heterocycles. The number of nitrogens with one attached hydrogen (secondary N) is 2. The Labute approximate surface area is 186 Å². The molecule has 0 bridgehead atoms. The zero-order valence-corrected chi connectivity index (χ0v) is 19.2. The summed E-state index contributed by atoms with van der Waals surface area (Å²) in [5, 5.41) is 2.56. The van der Waals surface area contributed by atoms with Gasteiger partial charge in [-0.1, -0.05) is 34.3 Å². The highest BCUT2D eigenvalue weighted by atomic mass is 35.5. The van der Waals surface area contributed by atoms with Gasteiger partial charge in [0.25, 0.3) is 15.9 Å². The molecular weight excluding hydrogens is 466 g/mol. The van der Waals surface area contributed by atoms with E-state index in [1.165, 1.54) is 32.4 Å². The van der Waals surface area contributed by atoms with E-state index in [-0.39, 0.29) is 27.8 Å². The maximum Gasteiger partial charge on any atom is 0.266 e. The number of benzene rings is 2. The molecular formula is C19H22ClN3O6S2. The second kappa shape index (κ2) is 10.4. The van der Waals surface area contributed by atoms with Crippen molar-refractivity contribution >= 4 is 43.2 Å². The molecule has 0 unspecified atom stereocenters. The standard InChI is InChI=1S/C19H22ClN3O6S2/c1-4-11-21-30(25,26)13-14-5-8-16(9-6-14)22-19(24)15-7-10-17(20)18(12-15)31(27,28)23(2)29-3/h4-10,12,21H,1,11,13H2,2-3H3,(H,22,24). The summed E-state index contributed by atoms with van der Waals surface area (Å²) in [6, 6.07) is 10.1. The van der Waals surface area contributed by atoms with Crippen molar-refractivity contribution in [1.29, 1.82) is 0 Å². The van der Waals surface area contributed by atoms with E-state index in [0.717, 1.165) is 6.07 Å². The molecule has 2 N–H and O–H groups in total. The van der Waals surface area contributed by atoms with Crippen molar-refractivity contribution in [3.05, 3.63) is 71.3 Å². The molecule has 12 heteroatoms. The van der Waals surface area contributed by atoms with Crippen molar-refractivity contribution in [3.63, 3.8) is 0 Å². The van der Waals surface area contributed by atoms with Crippen LogP contribution < -0.4 is 10.0 Å². The van der Waals surface area contributed by atoms with Gasteiger partial charge in [-0.25, -0.2) is 21.6 Å². The summed E-state index contributed by atoms with van der Waals surface area (Å²) in [5.41, 5.74) is 0.989. The molecule has 0 fully saturated rings. The molecule has 0 aromatic heterocycles. The van der Waals surface area contributed by atoms with E-state index in [1.807, 2.05) is 0 Å². The molecule has 0 aliphatic rings. The number of hydroxylamine groups is 1. The summed E-state index contributed by atoms with van der Waals surface area (Å²) >= 11 is 6.00. The number of halogens is 1. The maximum atomic E-state index is 12.6. The summed E-state index contributed by atoms with van der Waals surface area (Å²) in [6.45, 7) is 3.59. The monoisotopic (exact) mass is 487 g/mol. The molecule has 168 valence electrons. The van der Waals surface area contributed by atoms with Crippen LogP contribution in [-0.2, 0) is 30.6 Å². The predicted octanol–water partition coefficient (Wildman–Crippen LogP) is 2.38. The van der Waals surface area contributed by atoms with Gasteiger partial charge in [0.2, 0.25) is 10.0 Å². The van der Waals surface area contributed by atoms with Gasteiger partial charge in [0.15, 0.2) is 0 Å². The Morgan fingerprint density at radius 1 is 1.16 bits per heavy atom. The van der Waals surface area contributed by atoms with Crippen molar-refractivity contribution in [2.75, 3.05) is 26.0 Å². The topological polar surface area (TPSA) is 122 Å². The number of hydrogen-bond acceptors (Lipinski definition) is 6. The minimum Gasteiger partial charge on any atom is -0.322 e. The van der Waals surface area contributed by atoms with Crippen molar-refractivity contribution in [1.82, 2.24) is 9.19 Å². The van der Waals surface area contributed by atoms with E-state index in [9.17, 15) is 21.6 Å². The second-order valence-electron chi connectivity index (χ2n) is 6.29. The third-order valence-corrected chi connectivity index (χ3v) is 7.56.